The molecular formula is C71H109Cl4F2N21O3. The lowest BCUT2D eigenvalue weighted by Gasteiger charge is -2.35. The van der Waals surface area contributed by atoms with Crippen molar-refractivity contribution in [1.29, 1.82) is 0 Å². The lowest BCUT2D eigenvalue weighted by atomic mass is 10.0. The predicted octanol–water partition coefficient (Wildman–Crippen LogP) is 14.2. The number of nitrogens with zero attached hydrogens (tertiary/aromatic N) is 13. The third-order valence-corrected chi connectivity index (χ3v) is 19.7. The molecule has 0 bridgehead atoms. The third kappa shape index (κ3) is 29.3. The van der Waals surface area contributed by atoms with E-state index >= 15 is 0 Å². The van der Waals surface area contributed by atoms with Crippen molar-refractivity contribution in [2.45, 2.75) is 190 Å². The minimum atomic E-state index is -0.435. The van der Waals surface area contributed by atoms with E-state index in [1.807, 2.05) is 7.05 Å². The van der Waals surface area contributed by atoms with Gasteiger partial charge in [-0.1, -0.05) is 88.7 Å². The highest BCUT2D eigenvalue weighted by Crippen LogP contribution is 2.31. The summed E-state index contributed by atoms with van der Waals surface area (Å²) in [6.07, 6.45) is 29.4. The van der Waals surface area contributed by atoms with Gasteiger partial charge >= 0.3 is 0 Å². The molecular weight excluding hydrogens is 1370 g/mol. The molecule has 24 nitrogen and oxygen atoms in total. The number of nitrogen functional groups attached to an aromatic ring is 1. The average Bonchev–Trinajstić information content (AvgIpc) is 1.01. The van der Waals surface area contributed by atoms with E-state index in [-0.39, 0.29) is 27.3 Å². The van der Waals surface area contributed by atoms with E-state index < -0.39 is 11.6 Å². The zero-order valence-electron chi connectivity index (χ0n) is 60.3. The SMILES string of the molecule is CNC1CCN(C)CC1.COc1ccc(N)cc1Cl.COc1ccc(Nc2nc(NC3CCCCCC3)nc(N(C)C3CCN(C)CC3)n2)cc1F.COc1ccc(Nc2nc(NC3CCCCCC3)nc(N(C)C3CCNCC3)n2)cc1F.Clc1nc(Cl)nc(Cl)n1.NC1CCCCCC1. The Bertz CT molecular complexity index is 3300. The molecule has 6 fully saturated rings. The monoisotopic (exact) mass is 1480 g/mol. The zero-order valence-corrected chi connectivity index (χ0v) is 63.4. The minimum Gasteiger partial charge on any atom is -0.495 e. The Kier molecular flexibility index (Phi) is 35.8. The van der Waals surface area contributed by atoms with Crippen LogP contribution in [0.5, 0.6) is 17.2 Å². The standard InChI is InChI=1S/C24H36FN7O.C23H34FN7O.C7H8ClNO.C7H16N2.C7H15N.C3Cl3N3/c1-31-14-12-19(13-15-31)32(2)24-29-22(26-17-8-6-4-5-7-9-17)28-23(30-24)27-18-10-11-21(33-3)20(25)16-18;1-31(18-11-13-25-14-12-18)23-29-21(26-16-7-5-3-4-6-8-16)28-22(30-23)27-17-9-10-20(32-2)19(24)15-17;1-10-7-3-2-5(9)4-6(7)8;1-8-7-3-5-9(2)6-4-7;8-7-5-3-1-2-4-6-7;4-1-7-2(5)9-3(6)8-1/h10-11,16-17,19H,4-9,12-15H2,1-3H3,(H2,26,27,28,29,30);9-10,15-16,18,25H,3-8,11-14H2,1-2H3,(H2,26,27,28,29,30);2-4H,9H2,1H3;7-8H,3-6H2,1-2H3;7H,1-6,8H2;. The zero-order chi connectivity index (χ0) is 72.5. The van der Waals surface area contributed by atoms with Crippen molar-refractivity contribution >= 4 is 99.2 Å². The van der Waals surface area contributed by atoms with E-state index in [1.54, 1.807) is 49.6 Å². The first-order valence-corrected chi connectivity index (χ1v) is 37.3. The van der Waals surface area contributed by atoms with Crippen LogP contribution in [0.25, 0.3) is 0 Å². The highest BCUT2D eigenvalue weighted by Gasteiger charge is 2.26. The average molecular weight is 1480 g/mol. The Morgan fingerprint density at radius 3 is 1.23 bits per heavy atom. The number of piperidine rings is 3. The third-order valence-electron chi connectivity index (χ3n) is 18.9. The van der Waals surface area contributed by atoms with E-state index in [1.165, 1.54) is 142 Å². The maximum atomic E-state index is 14.2. The molecule has 30 heteroatoms. The molecule has 0 unspecified atom stereocenters. The molecule has 6 aromatic rings. The van der Waals surface area contributed by atoms with Gasteiger partial charge in [-0.05, 0) is 215 Å². The van der Waals surface area contributed by atoms with Crippen molar-refractivity contribution in [3.63, 3.8) is 0 Å². The largest absolute Gasteiger partial charge is 0.495 e. The molecule has 6 aliphatic rings. The Balaban J connectivity index is 0.000000191. The molecule has 10 N–H and O–H groups in total. The molecule has 3 saturated carbocycles. The number of anilines is 9. The number of likely N-dealkylation sites (tertiary alicyclic amines) is 2. The van der Waals surface area contributed by atoms with E-state index in [0.29, 0.717) is 93.7 Å². The molecule has 3 aliphatic heterocycles. The van der Waals surface area contributed by atoms with Gasteiger partial charge < -0.3 is 77.2 Å². The molecule has 3 aromatic heterocycles. The van der Waals surface area contributed by atoms with E-state index in [9.17, 15) is 8.78 Å². The fourth-order valence-corrected chi connectivity index (χ4v) is 13.6. The fourth-order valence-electron chi connectivity index (χ4n) is 12.7. The summed E-state index contributed by atoms with van der Waals surface area (Å²) in [5, 5.41) is 20.6. The molecule has 3 aliphatic carbocycles. The van der Waals surface area contributed by atoms with Gasteiger partial charge in [-0.3, -0.25) is 0 Å². The number of halogens is 6. The van der Waals surface area contributed by atoms with Gasteiger partial charge in [0.1, 0.15) is 5.75 Å². The summed E-state index contributed by atoms with van der Waals surface area (Å²) in [4.78, 5) is 47.6. The highest BCUT2D eigenvalue weighted by molar-refractivity contribution is 6.33. The lowest BCUT2D eigenvalue weighted by molar-refractivity contribution is 0.240. The quantitative estimate of drug-likeness (QED) is 0.0330. The summed E-state index contributed by atoms with van der Waals surface area (Å²) >= 11 is 21.7. The second-order valence-corrected chi connectivity index (χ2v) is 28.0. The Labute approximate surface area is 617 Å². The van der Waals surface area contributed by atoms with Crippen molar-refractivity contribution in [3.05, 3.63) is 87.1 Å². The van der Waals surface area contributed by atoms with Gasteiger partial charge in [0.15, 0.2) is 23.1 Å². The van der Waals surface area contributed by atoms with E-state index in [4.69, 9.17) is 87.0 Å². The van der Waals surface area contributed by atoms with Crippen LogP contribution in [0, 0.1) is 11.6 Å². The summed E-state index contributed by atoms with van der Waals surface area (Å²) in [5.74, 6) is 3.39. The number of nitrogens with one attached hydrogen (secondary N) is 6. The maximum absolute atomic E-state index is 14.2. The van der Waals surface area contributed by atoms with Crippen LogP contribution in [0.4, 0.5) is 61.5 Å². The van der Waals surface area contributed by atoms with Crippen molar-refractivity contribution in [3.8, 4) is 17.2 Å². The van der Waals surface area contributed by atoms with Crippen LogP contribution in [0.3, 0.4) is 0 Å². The molecule has 0 radical (unpaired) electrons. The summed E-state index contributed by atoms with van der Waals surface area (Å²) in [6, 6.07) is 17.4. The summed E-state index contributed by atoms with van der Waals surface area (Å²) in [6.45, 7) is 6.61. The summed E-state index contributed by atoms with van der Waals surface area (Å²) < 4.78 is 43.4. The highest BCUT2D eigenvalue weighted by atomic mass is 35.5. The molecule has 3 aromatic carbocycles. The topological polar surface area (TPSA) is 281 Å². The second-order valence-electron chi connectivity index (χ2n) is 26.6. The number of hydrogen-bond donors (Lipinski definition) is 8. The Morgan fingerprint density at radius 2 is 0.842 bits per heavy atom. The van der Waals surface area contributed by atoms with Gasteiger partial charge in [-0.2, -0.15) is 44.9 Å². The molecule has 0 spiro atoms. The van der Waals surface area contributed by atoms with Crippen molar-refractivity contribution in [2.75, 3.05) is 133 Å². The molecule has 3 saturated heterocycles. The maximum Gasteiger partial charge on any atom is 0.233 e. The molecule has 0 amide bonds. The van der Waals surface area contributed by atoms with Crippen LogP contribution in [-0.2, 0) is 0 Å². The van der Waals surface area contributed by atoms with Gasteiger partial charge in [0, 0.05) is 79.5 Å². The van der Waals surface area contributed by atoms with Crippen LogP contribution >= 0.6 is 46.4 Å². The Hall–Kier alpha value is -6.49. The minimum absolute atomic E-state index is 0.000000000000000444. The van der Waals surface area contributed by atoms with Crippen LogP contribution in [0.1, 0.15) is 154 Å². The number of ether oxygens (including phenoxy) is 3. The molecule has 558 valence electrons. The molecule has 101 heavy (non-hydrogen) atoms. The van der Waals surface area contributed by atoms with Gasteiger partial charge in [-0.15, -0.1) is 0 Å². The first-order valence-electron chi connectivity index (χ1n) is 35.8. The van der Waals surface area contributed by atoms with Gasteiger partial charge in [0.25, 0.3) is 0 Å². The molecule has 6 heterocycles. The lowest BCUT2D eigenvalue weighted by Crippen LogP contribution is -2.42. The van der Waals surface area contributed by atoms with Gasteiger partial charge in [0.05, 0.1) is 26.4 Å². The van der Waals surface area contributed by atoms with E-state index in [0.717, 1.165) is 83.6 Å². The Morgan fingerprint density at radius 1 is 0.465 bits per heavy atom. The van der Waals surface area contributed by atoms with Crippen LogP contribution in [0.2, 0.25) is 20.9 Å². The van der Waals surface area contributed by atoms with Crippen LogP contribution < -0.4 is 67.4 Å². The van der Waals surface area contributed by atoms with Crippen molar-refractivity contribution in [1.82, 2.24) is 65.3 Å². The molecule has 0 atom stereocenters. The number of hydrogen-bond acceptors (Lipinski definition) is 24. The number of aromatic nitrogens is 9. The molecule has 12 rings (SSSR count). The first-order chi connectivity index (χ1) is 48.8. The number of methoxy groups -OCH3 is 3. The fraction of sp³-hybridized carbons (Fsp3) is 0.620. The number of rotatable bonds is 16. The number of nitrogens with two attached hydrogens (primary N) is 2. The number of benzene rings is 3. The summed E-state index contributed by atoms with van der Waals surface area (Å²) in [7, 11) is 15.0. The smallest absolute Gasteiger partial charge is 0.233 e. The second kappa shape index (κ2) is 44.2. The van der Waals surface area contributed by atoms with Crippen molar-refractivity contribution in [2.24, 2.45) is 5.73 Å². The van der Waals surface area contributed by atoms with Crippen molar-refractivity contribution < 1.29 is 23.0 Å². The predicted molar refractivity (Wildman–Crippen MR) is 408 cm³/mol. The first kappa shape index (κ1) is 81.8. The van der Waals surface area contributed by atoms with Gasteiger partial charge in [-0.25, -0.2) is 8.78 Å². The van der Waals surface area contributed by atoms with E-state index in [2.05, 4.69) is 110 Å². The van der Waals surface area contributed by atoms with Crippen LogP contribution in [-0.4, -0.2) is 187 Å². The van der Waals surface area contributed by atoms with Crippen LogP contribution in [0.15, 0.2) is 54.6 Å². The normalized spacial score (nSPS) is 17.8. The van der Waals surface area contributed by atoms with Gasteiger partial charge in [0.2, 0.25) is 51.5 Å². The summed E-state index contributed by atoms with van der Waals surface area (Å²) in [5.41, 5.74) is 12.9.